The number of rotatable bonds is 6. The van der Waals surface area contributed by atoms with Crippen molar-refractivity contribution in [2.24, 2.45) is 11.7 Å². The van der Waals surface area contributed by atoms with E-state index in [1.165, 1.54) is 43.4 Å². The Morgan fingerprint density at radius 1 is 0.960 bits per heavy atom. The normalized spacial score (nSPS) is 19.6. The van der Waals surface area contributed by atoms with Gasteiger partial charge in [-0.1, -0.05) is 30.3 Å². The third-order valence-electron chi connectivity index (χ3n) is 5.65. The summed E-state index contributed by atoms with van der Waals surface area (Å²) in [6, 6.07) is 18.8. The number of benzene rings is 2. The molecule has 2 aromatic rings. The zero-order valence-electron chi connectivity index (χ0n) is 14.9. The Hall–Kier alpha value is -2.00. The van der Waals surface area contributed by atoms with Crippen LogP contribution in [0.15, 0.2) is 54.6 Å². The van der Waals surface area contributed by atoms with Gasteiger partial charge in [0.1, 0.15) is 12.4 Å². The molecule has 4 rings (SSSR count). The van der Waals surface area contributed by atoms with E-state index in [-0.39, 0.29) is 5.54 Å². The van der Waals surface area contributed by atoms with E-state index in [9.17, 15) is 0 Å². The van der Waals surface area contributed by atoms with Crippen LogP contribution in [0.5, 0.6) is 5.75 Å². The third kappa shape index (κ3) is 4.35. The van der Waals surface area contributed by atoms with E-state index >= 15 is 0 Å². The lowest BCUT2D eigenvalue weighted by Gasteiger charge is -2.34. The molecule has 2 N–H and O–H groups in total. The van der Waals surface area contributed by atoms with Gasteiger partial charge in [-0.2, -0.15) is 0 Å². The van der Waals surface area contributed by atoms with Crippen molar-refractivity contribution in [3.8, 4) is 5.75 Å². The molecule has 1 saturated heterocycles. The largest absolute Gasteiger partial charge is 0.489 e. The fourth-order valence-electron chi connectivity index (χ4n) is 3.83. The van der Waals surface area contributed by atoms with Gasteiger partial charge in [0.2, 0.25) is 0 Å². The molecule has 132 valence electrons. The van der Waals surface area contributed by atoms with Crippen LogP contribution in [0.1, 0.15) is 37.7 Å². The summed E-state index contributed by atoms with van der Waals surface area (Å²) < 4.78 is 5.88. The van der Waals surface area contributed by atoms with E-state index in [2.05, 4.69) is 41.3 Å². The summed E-state index contributed by atoms with van der Waals surface area (Å²) in [5, 5.41) is 0. The summed E-state index contributed by atoms with van der Waals surface area (Å²) >= 11 is 0. The average molecular weight is 336 g/mol. The van der Waals surface area contributed by atoms with Gasteiger partial charge in [0.25, 0.3) is 0 Å². The zero-order chi connectivity index (χ0) is 17.1. The smallest absolute Gasteiger partial charge is 0.119 e. The van der Waals surface area contributed by atoms with Crippen molar-refractivity contribution in [1.82, 2.24) is 0 Å². The average Bonchev–Trinajstić information content (AvgIpc) is 3.39. The molecule has 25 heavy (non-hydrogen) atoms. The molecule has 1 aliphatic heterocycles. The van der Waals surface area contributed by atoms with Crippen molar-refractivity contribution >= 4 is 5.69 Å². The van der Waals surface area contributed by atoms with Crippen LogP contribution < -0.4 is 15.4 Å². The van der Waals surface area contributed by atoms with Gasteiger partial charge >= 0.3 is 0 Å². The summed E-state index contributed by atoms with van der Waals surface area (Å²) in [5.74, 6) is 1.75. The van der Waals surface area contributed by atoms with Gasteiger partial charge in [0.15, 0.2) is 0 Å². The number of nitrogens with zero attached hydrogens (tertiary/aromatic N) is 1. The Bertz CT molecular complexity index is 671. The minimum atomic E-state index is 0.199. The molecular weight excluding hydrogens is 308 g/mol. The highest BCUT2D eigenvalue weighted by Crippen LogP contribution is 2.41. The van der Waals surface area contributed by atoms with Crippen LogP contribution in [0.2, 0.25) is 0 Å². The minimum Gasteiger partial charge on any atom is -0.489 e. The maximum absolute atomic E-state index is 6.28. The predicted molar refractivity (Wildman–Crippen MR) is 103 cm³/mol. The van der Waals surface area contributed by atoms with Crippen LogP contribution in [0, 0.1) is 5.92 Å². The number of piperidine rings is 1. The second-order valence-electron chi connectivity index (χ2n) is 7.77. The highest BCUT2D eigenvalue weighted by molar-refractivity contribution is 5.49. The summed E-state index contributed by atoms with van der Waals surface area (Å²) in [5.41, 5.74) is 8.98. The van der Waals surface area contributed by atoms with Gasteiger partial charge in [-0.25, -0.2) is 0 Å². The molecule has 3 heteroatoms. The number of hydrogen-bond acceptors (Lipinski definition) is 3. The second-order valence-corrected chi connectivity index (χ2v) is 7.77. The summed E-state index contributed by atoms with van der Waals surface area (Å²) in [6.07, 6.45) is 6.23. The first-order valence-corrected chi connectivity index (χ1v) is 9.51. The Kier molecular flexibility index (Phi) is 4.67. The highest BCUT2D eigenvalue weighted by Gasteiger charge is 2.40. The monoisotopic (exact) mass is 336 g/mol. The molecule has 0 amide bonds. The number of ether oxygens (including phenoxy) is 1. The molecule has 1 heterocycles. The first-order chi connectivity index (χ1) is 12.2. The fourth-order valence-corrected chi connectivity index (χ4v) is 3.83. The quantitative estimate of drug-likeness (QED) is 0.851. The molecule has 0 atom stereocenters. The van der Waals surface area contributed by atoms with Crippen molar-refractivity contribution in [3.05, 3.63) is 60.2 Å². The minimum absolute atomic E-state index is 0.199. The second kappa shape index (κ2) is 7.09. The molecule has 2 aliphatic rings. The van der Waals surface area contributed by atoms with Crippen LogP contribution in [-0.2, 0) is 6.61 Å². The summed E-state index contributed by atoms with van der Waals surface area (Å²) in [6.45, 7) is 2.91. The molecule has 2 aromatic carbocycles. The van der Waals surface area contributed by atoms with Gasteiger partial charge in [-0.05, 0) is 67.9 Å². The molecule has 1 saturated carbocycles. The van der Waals surface area contributed by atoms with Gasteiger partial charge in [0, 0.05) is 24.3 Å². The SMILES string of the molecule is NC1(CC2CCN(c3ccc(OCc4ccccc4)cc3)CC2)CC1. The zero-order valence-corrected chi connectivity index (χ0v) is 14.9. The number of hydrogen-bond donors (Lipinski definition) is 1. The highest BCUT2D eigenvalue weighted by atomic mass is 16.5. The molecule has 0 spiro atoms. The maximum atomic E-state index is 6.28. The molecule has 1 aliphatic carbocycles. The Morgan fingerprint density at radius 2 is 1.64 bits per heavy atom. The van der Waals surface area contributed by atoms with Crippen molar-refractivity contribution < 1.29 is 4.74 Å². The molecular formula is C22H28N2O. The predicted octanol–water partition coefficient (Wildman–Crippen LogP) is 4.36. The molecule has 0 bridgehead atoms. The Balaban J connectivity index is 1.27. The lowest BCUT2D eigenvalue weighted by Crippen LogP contribution is -2.36. The topological polar surface area (TPSA) is 38.5 Å². The maximum Gasteiger partial charge on any atom is 0.119 e. The Labute approximate surface area is 150 Å². The van der Waals surface area contributed by atoms with Gasteiger partial charge in [0.05, 0.1) is 0 Å². The van der Waals surface area contributed by atoms with E-state index in [4.69, 9.17) is 10.5 Å². The van der Waals surface area contributed by atoms with Crippen LogP contribution in [0.3, 0.4) is 0 Å². The van der Waals surface area contributed by atoms with E-state index in [0.29, 0.717) is 6.61 Å². The van der Waals surface area contributed by atoms with E-state index in [0.717, 1.165) is 24.8 Å². The number of anilines is 1. The third-order valence-corrected chi connectivity index (χ3v) is 5.65. The lowest BCUT2D eigenvalue weighted by molar-refractivity contribution is 0.306. The Morgan fingerprint density at radius 3 is 2.28 bits per heavy atom. The molecule has 0 radical (unpaired) electrons. The summed E-state index contributed by atoms with van der Waals surface area (Å²) in [4.78, 5) is 2.49. The van der Waals surface area contributed by atoms with Crippen molar-refractivity contribution in [2.75, 3.05) is 18.0 Å². The fraction of sp³-hybridized carbons (Fsp3) is 0.455. The van der Waals surface area contributed by atoms with Crippen molar-refractivity contribution in [2.45, 2.75) is 44.2 Å². The van der Waals surface area contributed by atoms with Crippen LogP contribution in [0.25, 0.3) is 0 Å². The van der Waals surface area contributed by atoms with Gasteiger partial charge in [-0.3, -0.25) is 0 Å². The van der Waals surface area contributed by atoms with Crippen molar-refractivity contribution in [1.29, 1.82) is 0 Å². The van der Waals surface area contributed by atoms with E-state index in [1.807, 2.05) is 18.2 Å². The number of nitrogens with two attached hydrogens (primary N) is 1. The van der Waals surface area contributed by atoms with Crippen LogP contribution >= 0.6 is 0 Å². The van der Waals surface area contributed by atoms with Crippen LogP contribution in [-0.4, -0.2) is 18.6 Å². The summed E-state index contributed by atoms with van der Waals surface area (Å²) in [7, 11) is 0. The standard InChI is InChI=1S/C22H28N2O/c23-22(12-13-22)16-18-10-14-24(15-11-18)20-6-8-21(9-7-20)25-17-19-4-2-1-3-5-19/h1-9,18H,10-17,23H2. The molecule has 2 fully saturated rings. The van der Waals surface area contributed by atoms with Crippen molar-refractivity contribution in [3.63, 3.8) is 0 Å². The van der Waals surface area contributed by atoms with Gasteiger partial charge < -0.3 is 15.4 Å². The molecule has 3 nitrogen and oxygen atoms in total. The molecule has 0 aromatic heterocycles. The first kappa shape index (κ1) is 16.5. The lowest BCUT2D eigenvalue weighted by atomic mass is 9.89. The van der Waals surface area contributed by atoms with Crippen LogP contribution in [0.4, 0.5) is 5.69 Å². The van der Waals surface area contributed by atoms with E-state index in [1.54, 1.807) is 0 Å². The first-order valence-electron chi connectivity index (χ1n) is 9.51. The van der Waals surface area contributed by atoms with E-state index < -0.39 is 0 Å². The van der Waals surface area contributed by atoms with Gasteiger partial charge in [-0.15, -0.1) is 0 Å². The molecule has 0 unspecified atom stereocenters.